The number of anilines is 1. The van der Waals surface area contributed by atoms with Gasteiger partial charge in [-0.05, 0) is 12.8 Å². The van der Waals surface area contributed by atoms with Crippen LogP contribution in [-0.4, -0.2) is 56.9 Å². The Balaban J connectivity index is 1.79. The molecule has 3 aromatic rings. The summed E-state index contributed by atoms with van der Waals surface area (Å²) in [7, 11) is 0. The lowest BCUT2D eigenvalue weighted by atomic mass is 9.99. The molecule has 2 fully saturated rings. The molecule has 1 aliphatic carbocycles. The average Bonchev–Trinajstić information content (AvgIpc) is 3.21. The molecule has 2 aliphatic rings. The summed E-state index contributed by atoms with van der Waals surface area (Å²) in [6, 6.07) is 0.348. The molecule has 1 aliphatic heterocycles. The molecule has 0 bridgehead atoms. The van der Waals surface area contributed by atoms with Crippen LogP contribution in [0.15, 0.2) is 23.4 Å². The van der Waals surface area contributed by atoms with Gasteiger partial charge in [-0.1, -0.05) is 0 Å². The van der Waals surface area contributed by atoms with Crippen LogP contribution in [0.1, 0.15) is 29.4 Å². The summed E-state index contributed by atoms with van der Waals surface area (Å²) < 4.78 is 7.52. The zero-order valence-corrected chi connectivity index (χ0v) is 15.9. The zero-order chi connectivity index (χ0) is 19.1. The smallest absolute Gasteiger partial charge is 0.268 e. The molecule has 1 saturated carbocycles. The van der Waals surface area contributed by atoms with E-state index in [1.807, 2.05) is 9.95 Å². The minimum atomic E-state index is -0.592. The number of amides is 1. The number of ether oxygens (including phenoxy) is 1. The molecule has 0 atom stereocenters. The predicted molar refractivity (Wildman–Crippen MR) is 104 cm³/mol. The zero-order valence-electron chi connectivity index (χ0n) is 15.1. The summed E-state index contributed by atoms with van der Waals surface area (Å²) in [5.41, 5.74) is 10.8. The third kappa shape index (κ3) is 2.94. The van der Waals surface area contributed by atoms with Crippen molar-refractivity contribution in [1.82, 2.24) is 24.7 Å². The van der Waals surface area contributed by atoms with Gasteiger partial charge in [0.25, 0.3) is 5.91 Å². The molecule has 0 unspecified atom stereocenters. The van der Waals surface area contributed by atoms with Gasteiger partial charge in [0.05, 0.1) is 41.9 Å². The number of carbonyl (C=O) groups is 1. The number of carbonyl (C=O) groups excluding carboxylic acids is 1. The van der Waals surface area contributed by atoms with E-state index < -0.39 is 5.91 Å². The van der Waals surface area contributed by atoms with Crippen molar-refractivity contribution in [3.05, 3.63) is 29.1 Å². The maximum Gasteiger partial charge on any atom is 0.268 e. The number of aromatic nitrogens is 5. The van der Waals surface area contributed by atoms with Crippen molar-refractivity contribution in [3.63, 3.8) is 0 Å². The molecule has 4 heterocycles. The molecular weight excluding hydrogens is 378 g/mol. The van der Waals surface area contributed by atoms with Crippen LogP contribution >= 0.6 is 11.3 Å². The fourth-order valence-corrected chi connectivity index (χ4v) is 4.13. The molecule has 3 aromatic heterocycles. The molecule has 9 nitrogen and oxygen atoms in total. The number of nitrogens with two attached hydrogens (primary N) is 1. The van der Waals surface area contributed by atoms with Crippen LogP contribution < -0.4 is 10.6 Å². The van der Waals surface area contributed by atoms with E-state index in [1.165, 1.54) is 11.3 Å². The maximum absolute atomic E-state index is 12.3. The Kier molecular flexibility index (Phi) is 4.29. The highest BCUT2D eigenvalue weighted by molar-refractivity contribution is 7.07. The molecule has 1 amide bonds. The minimum absolute atomic E-state index is 0.190. The molecule has 144 valence electrons. The van der Waals surface area contributed by atoms with Gasteiger partial charge in [-0.3, -0.25) is 4.79 Å². The highest BCUT2D eigenvalue weighted by Gasteiger charge is 2.32. The van der Waals surface area contributed by atoms with Gasteiger partial charge < -0.3 is 19.9 Å². The normalized spacial score (nSPS) is 17.1. The number of hydrogen-bond acceptors (Lipinski definition) is 8. The number of primary amides is 1. The number of pyridine rings is 1. The van der Waals surface area contributed by atoms with Gasteiger partial charge in [0.1, 0.15) is 12.0 Å². The van der Waals surface area contributed by atoms with Crippen molar-refractivity contribution in [1.29, 1.82) is 0 Å². The fourth-order valence-electron chi connectivity index (χ4n) is 3.59. The lowest BCUT2D eigenvalue weighted by Gasteiger charge is -2.31. The van der Waals surface area contributed by atoms with Crippen molar-refractivity contribution >= 4 is 22.9 Å². The van der Waals surface area contributed by atoms with E-state index in [4.69, 9.17) is 10.5 Å². The molecule has 1 saturated heterocycles. The van der Waals surface area contributed by atoms with Crippen LogP contribution in [-0.2, 0) is 4.74 Å². The molecular formula is C18H19N7O2S. The molecule has 28 heavy (non-hydrogen) atoms. The average molecular weight is 397 g/mol. The summed E-state index contributed by atoms with van der Waals surface area (Å²) in [6.07, 6.45) is 5.56. The van der Waals surface area contributed by atoms with Crippen LogP contribution in [0, 0.1) is 0 Å². The van der Waals surface area contributed by atoms with Crippen LogP contribution in [0.2, 0.25) is 0 Å². The second kappa shape index (κ2) is 6.95. The summed E-state index contributed by atoms with van der Waals surface area (Å²) in [6.45, 7) is 2.76. The summed E-state index contributed by atoms with van der Waals surface area (Å²) in [5.74, 6) is 0.0206. The third-order valence-corrected chi connectivity index (χ3v) is 5.66. The Morgan fingerprint density at radius 2 is 2.04 bits per heavy atom. The van der Waals surface area contributed by atoms with Gasteiger partial charge in [0, 0.05) is 30.1 Å². The number of morpholine rings is 1. The van der Waals surface area contributed by atoms with Crippen molar-refractivity contribution < 1.29 is 9.53 Å². The first-order valence-electron chi connectivity index (χ1n) is 9.18. The Bertz CT molecular complexity index is 1010. The van der Waals surface area contributed by atoms with E-state index in [1.54, 1.807) is 18.0 Å². The van der Waals surface area contributed by atoms with Crippen LogP contribution in [0.4, 0.5) is 5.69 Å². The van der Waals surface area contributed by atoms with E-state index >= 15 is 0 Å². The monoisotopic (exact) mass is 397 g/mol. The molecule has 0 radical (unpaired) electrons. The van der Waals surface area contributed by atoms with E-state index in [9.17, 15) is 4.79 Å². The first kappa shape index (κ1) is 17.3. The van der Waals surface area contributed by atoms with Crippen molar-refractivity contribution in [2.75, 3.05) is 31.2 Å². The lowest BCUT2D eigenvalue weighted by Crippen LogP contribution is -2.37. The Hall–Kier alpha value is -2.85. The first-order valence-corrected chi connectivity index (χ1v) is 10.1. The standard InChI is InChI=1S/C18H19N7O2S/c19-17(26)16-15(18-23-22-9-25(18)11-1-2-11)14(12-8-28-10-21-12)13(7-20-16)24-3-5-27-6-4-24/h7-11H,1-6H2,(H2,19,26). The van der Waals surface area contributed by atoms with E-state index in [0.29, 0.717) is 30.6 Å². The Labute approximate surface area is 165 Å². The van der Waals surface area contributed by atoms with Crippen LogP contribution in [0.5, 0.6) is 0 Å². The van der Waals surface area contributed by atoms with Gasteiger partial charge >= 0.3 is 0 Å². The SMILES string of the molecule is NC(=O)c1ncc(N2CCOCC2)c(-c2cscn2)c1-c1nncn1C1CC1. The van der Waals surface area contributed by atoms with Crippen LogP contribution in [0.3, 0.4) is 0 Å². The largest absolute Gasteiger partial charge is 0.378 e. The molecule has 0 aromatic carbocycles. The van der Waals surface area contributed by atoms with Crippen molar-refractivity contribution in [2.45, 2.75) is 18.9 Å². The van der Waals surface area contributed by atoms with Gasteiger partial charge in [-0.15, -0.1) is 21.5 Å². The summed E-state index contributed by atoms with van der Waals surface area (Å²) in [4.78, 5) is 23.4. The lowest BCUT2D eigenvalue weighted by molar-refractivity contribution is 0.0996. The van der Waals surface area contributed by atoms with Gasteiger partial charge in [0.15, 0.2) is 5.82 Å². The molecule has 0 spiro atoms. The van der Waals surface area contributed by atoms with Gasteiger partial charge in [-0.2, -0.15) is 0 Å². The highest BCUT2D eigenvalue weighted by atomic mass is 32.1. The van der Waals surface area contributed by atoms with Crippen molar-refractivity contribution in [2.24, 2.45) is 5.73 Å². The second-order valence-corrected chi connectivity index (χ2v) is 7.59. The molecule has 10 heteroatoms. The van der Waals surface area contributed by atoms with Crippen molar-refractivity contribution in [3.8, 4) is 22.6 Å². The third-order valence-electron chi connectivity index (χ3n) is 5.07. The highest BCUT2D eigenvalue weighted by Crippen LogP contribution is 2.43. The minimum Gasteiger partial charge on any atom is -0.378 e. The van der Waals surface area contributed by atoms with E-state index in [2.05, 4.69) is 25.1 Å². The van der Waals surface area contributed by atoms with Gasteiger partial charge in [-0.25, -0.2) is 9.97 Å². The number of nitrogens with zero attached hydrogens (tertiary/aromatic N) is 6. The molecule has 2 N–H and O–H groups in total. The number of rotatable bonds is 5. The number of thiazole rings is 1. The Morgan fingerprint density at radius 1 is 1.21 bits per heavy atom. The molecule has 5 rings (SSSR count). The Morgan fingerprint density at radius 3 is 2.71 bits per heavy atom. The topological polar surface area (TPSA) is 112 Å². The quantitative estimate of drug-likeness (QED) is 0.698. The predicted octanol–water partition coefficient (Wildman–Crippen LogP) is 1.73. The van der Waals surface area contributed by atoms with E-state index in [-0.39, 0.29) is 5.69 Å². The first-order chi connectivity index (χ1) is 13.7. The van der Waals surface area contributed by atoms with E-state index in [0.717, 1.165) is 42.9 Å². The number of hydrogen-bond donors (Lipinski definition) is 1. The second-order valence-electron chi connectivity index (χ2n) is 6.87. The van der Waals surface area contributed by atoms with Crippen LogP contribution in [0.25, 0.3) is 22.6 Å². The summed E-state index contributed by atoms with van der Waals surface area (Å²) >= 11 is 1.50. The maximum atomic E-state index is 12.3. The van der Waals surface area contributed by atoms with Gasteiger partial charge in [0.2, 0.25) is 0 Å². The fraction of sp³-hybridized carbons (Fsp3) is 0.389. The summed E-state index contributed by atoms with van der Waals surface area (Å²) in [5, 5.41) is 10.4.